The van der Waals surface area contributed by atoms with Crippen LogP contribution in [-0.2, 0) is 21.5 Å². The summed E-state index contributed by atoms with van der Waals surface area (Å²) < 4.78 is 68.4. The maximum Gasteiger partial charge on any atom is 0.263 e. The highest BCUT2D eigenvalue weighted by Gasteiger charge is 2.24. The van der Waals surface area contributed by atoms with Crippen LogP contribution < -0.4 is 4.72 Å². The number of rotatable bonds is 10. The minimum absolute atomic E-state index is 0.0993. The molecule has 0 atom stereocenters. The standard InChI is InChI=1S/C28H30ClF2N7O3SSi/c1-17-24(12-20(29)13-32-17)42(39,40)36-22-8-7-21(30)25(26(22)31)19-6-9-23-27(33-15-37(23)14-19)28-35-34-18(2)38(28)16-41-10-11-43(3,4)5/h6-9,12-15,36H,10-11,16H2,1-5H3. The molecule has 15 heteroatoms. The van der Waals surface area contributed by atoms with Gasteiger partial charge >= 0.3 is 0 Å². The molecule has 4 aromatic heterocycles. The van der Waals surface area contributed by atoms with Crippen LogP contribution in [0.4, 0.5) is 14.5 Å². The summed E-state index contributed by atoms with van der Waals surface area (Å²) in [5.74, 6) is -0.790. The lowest BCUT2D eigenvalue weighted by atomic mass is 10.0. The fourth-order valence-electron chi connectivity index (χ4n) is 4.42. The van der Waals surface area contributed by atoms with Crippen molar-refractivity contribution in [3.63, 3.8) is 0 Å². The molecule has 0 radical (unpaired) electrons. The Labute approximate surface area is 253 Å². The van der Waals surface area contributed by atoms with Crippen LogP contribution >= 0.6 is 11.6 Å². The van der Waals surface area contributed by atoms with Gasteiger partial charge in [-0.25, -0.2) is 22.2 Å². The largest absolute Gasteiger partial charge is 0.361 e. The normalized spacial score (nSPS) is 12.3. The van der Waals surface area contributed by atoms with Crippen molar-refractivity contribution in [2.24, 2.45) is 0 Å². The van der Waals surface area contributed by atoms with Gasteiger partial charge in [-0.3, -0.25) is 14.3 Å². The molecule has 0 saturated heterocycles. The van der Waals surface area contributed by atoms with Crippen LogP contribution in [0.3, 0.4) is 0 Å². The number of halogens is 3. The average Bonchev–Trinajstić information content (AvgIpc) is 3.51. The summed E-state index contributed by atoms with van der Waals surface area (Å²) >= 11 is 5.93. The molecule has 0 aliphatic rings. The fourth-order valence-corrected chi connectivity index (χ4v) is 6.68. The van der Waals surface area contributed by atoms with Crippen LogP contribution in [0, 0.1) is 25.5 Å². The molecule has 10 nitrogen and oxygen atoms in total. The maximum absolute atomic E-state index is 15.7. The second kappa shape index (κ2) is 11.8. The molecule has 0 fully saturated rings. The summed E-state index contributed by atoms with van der Waals surface area (Å²) in [6, 6.07) is 7.44. The summed E-state index contributed by atoms with van der Waals surface area (Å²) in [5, 5.41) is 8.59. The van der Waals surface area contributed by atoms with Gasteiger partial charge in [-0.1, -0.05) is 37.3 Å². The number of ether oxygens (including phenoxy) is 1. The second-order valence-corrected chi connectivity index (χ2v) is 19.0. The zero-order valence-corrected chi connectivity index (χ0v) is 26.8. The van der Waals surface area contributed by atoms with E-state index in [2.05, 4.69) is 44.5 Å². The smallest absolute Gasteiger partial charge is 0.263 e. The van der Waals surface area contributed by atoms with Gasteiger partial charge in [0.2, 0.25) is 0 Å². The van der Waals surface area contributed by atoms with Gasteiger partial charge in [-0.15, -0.1) is 10.2 Å². The predicted octanol–water partition coefficient (Wildman–Crippen LogP) is 6.32. The number of hydrogen-bond donors (Lipinski definition) is 1. The number of aryl methyl sites for hydroxylation is 2. The molecule has 0 spiro atoms. The molecule has 0 bridgehead atoms. The molecular formula is C28H30ClF2N7O3SSi. The van der Waals surface area contributed by atoms with E-state index in [4.69, 9.17) is 16.3 Å². The third kappa shape index (κ3) is 6.46. The second-order valence-electron chi connectivity index (χ2n) is 11.3. The van der Waals surface area contributed by atoms with Crippen molar-refractivity contribution in [1.29, 1.82) is 0 Å². The number of pyridine rings is 2. The zero-order chi connectivity index (χ0) is 31.1. The van der Waals surface area contributed by atoms with Crippen molar-refractivity contribution in [2.75, 3.05) is 11.3 Å². The summed E-state index contributed by atoms with van der Waals surface area (Å²) in [7, 11) is -5.53. The van der Waals surface area contributed by atoms with Crippen LogP contribution in [-0.4, -0.2) is 52.2 Å². The van der Waals surface area contributed by atoms with Gasteiger partial charge in [0.05, 0.1) is 27.5 Å². The Morgan fingerprint density at radius 1 is 1.07 bits per heavy atom. The molecule has 1 N–H and O–H groups in total. The molecule has 4 heterocycles. The first-order chi connectivity index (χ1) is 20.2. The molecule has 0 amide bonds. The monoisotopic (exact) mass is 645 g/mol. The summed E-state index contributed by atoms with van der Waals surface area (Å²) in [4.78, 5) is 8.22. The SMILES string of the molecule is Cc1ncc(Cl)cc1S(=O)(=O)Nc1ccc(F)c(-c2ccc3c(-c4nnc(C)n4COCC[Si](C)(C)C)ncn3c2)c1F. The van der Waals surface area contributed by atoms with Crippen LogP contribution in [0.1, 0.15) is 11.5 Å². The van der Waals surface area contributed by atoms with Gasteiger partial charge in [-0.2, -0.15) is 0 Å². The van der Waals surface area contributed by atoms with E-state index < -0.39 is 41.0 Å². The van der Waals surface area contributed by atoms with Crippen molar-refractivity contribution >= 4 is 40.9 Å². The minimum atomic E-state index is -4.28. The summed E-state index contributed by atoms with van der Waals surface area (Å²) in [5.41, 5.74) is 0.647. The number of nitrogens with one attached hydrogen (secondary N) is 1. The van der Waals surface area contributed by atoms with Crippen LogP contribution in [0.15, 0.2) is 53.9 Å². The number of nitrogens with zero attached hydrogens (tertiary/aromatic N) is 6. The van der Waals surface area contributed by atoms with E-state index in [-0.39, 0.29) is 27.9 Å². The predicted molar refractivity (Wildman–Crippen MR) is 163 cm³/mol. The molecule has 43 heavy (non-hydrogen) atoms. The molecule has 5 rings (SSSR count). The van der Waals surface area contributed by atoms with Crippen LogP contribution in [0.5, 0.6) is 0 Å². The number of anilines is 1. The molecular weight excluding hydrogens is 616 g/mol. The molecule has 5 aromatic rings. The van der Waals surface area contributed by atoms with Crippen molar-refractivity contribution in [1.82, 2.24) is 29.1 Å². The minimum Gasteiger partial charge on any atom is -0.361 e. The first-order valence-electron chi connectivity index (χ1n) is 13.3. The van der Waals surface area contributed by atoms with Crippen molar-refractivity contribution in [3.05, 3.63) is 77.2 Å². The van der Waals surface area contributed by atoms with Gasteiger partial charge in [0.15, 0.2) is 11.6 Å². The van der Waals surface area contributed by atoms with E-state index in [9.17, 15) is 8.42 Å². The zero-order valence-electron chi connectivity index (χ0n) is 24.2. The Bertz CT molecular complexity index is 1940. The molecule has 0 unspecified atom stereocenters. The highest BCUT2D eigenvalue weighted by atomic mass is 35.5. The Kier molecular flexibility index (Phi) is 8.40. The molecule has 0 aliphatic carbocycles. The van der Waals surface area contributed by atoms with E-state index in [1.807, 2.05) is 11.5 Å². The highest BCUT2D eigenvalue weighted by Crippen LogP contribution is 2.33. The summed E-state index contributed by atoms with van der Waals surface area (Å²) in [6.45, 7) is 11.0. The van der Waals surface area contributed by atoms with E-state index in [1.54, 1.807) is 10.5 Å². The van der Waals surface area contributed by atoms with Crippen LogP contribution in [0.25, 0.3) is 28.2 Å². The van der Waals surface area contributed by atoms with Crippen molar-refractivity contribution in [3.8, 4) is 22.6 Å². The third-order valence-corrected chi connectivity index (χ3v) is 10.2. The number of hydrogen-bond acceptors (Lipinski definition) is 7. The van der Waals surface area contributed by atoms with E-state index in [0.29, 0.717) is 29.5 Å². The molecule has 0 aliphatic heterocycles. The number of benzene rings is 1. The Balaban J connectivity index is 1.46. The van der Waals surface area contributed by atoms with E-state index >= 15 is 8.78 Å². The first kappa shape index (κ1) is 30.7. The van der Waals surface area contributed by atoms with E-state index in [1.165, 1.54) is 37.8 Å². The maximum atomic E-state index is 15.7. The molecule has 1 aromatic carbocycles. The lowest BCUT2D eigenvalue weighted by Gasteiger charge is -2.16. The summed E-state index contributed by atoms with van der Waals surface area (Å²) in [6.07, 6.45) is 4.32. The van der Waals surface area contributed by atoms with Crippen molar-refractivity contribution < 1.29 is 21.9 Å². The Hall–Kier alpha value is -3.72. The van der Waals surface area contributed by atoms with Crippen molar-refractivity contribution in [2.45, 2.75) is 51.2 Å². The van der Waals surface area contributed by atoms with Gasteiger partial charge in [0, 0.05) is 32.6 Å². The quantitative estimate of drug-likeness (QED) is 0.140. The fraction of sp³-hybridized carbons (Fsp3) is 0.286. The van der Waals surface area contributed by atoms with Gasteiger partial charge in [-0.05, 0) is 44.2 Å². The topological polar surface area (TPSA) is 116 Å². The Morgan fingerprint density at radius 2 is 1.84 bits per heavy atom. The molecule has 226 valence electrons. The number of sulfonamides is 1. The van der Waals surface area contributed by atoms with Gasteiger partial charge in [0.1, 0.15) is 35.3 Å². The lowest BCUT2D eigenvalue weighted by molar-refractivity contribution is 0.0866. The van der Waals surface area contributed by atoms with Crippen LogP contribution in [0.2, 0.25) is 30.7 Å². The number of aromatic nitrogens is 6. The highest BCUT2D eigenvalue weighted by molar-refractivity contribution is 7.92. The number of imidazole rings is 1. The average molecular weight is 646 g/mol. The number of fused-ring (bicyclic) bond motifs is 1. The molecule has 0 saturated carbocycles. The lowest BCUT2D eigenvalue weighted by Crippen LogP contribution is -2.22. The van der Waals surface area contributed by atoms with E-state index in [0.717, 1.165) is 18.2 Å². The van der Waals surface area contributed by atoms with Gasteiger partial charge < -0.3 is 9.14 Å². The Morgan fingerprint density at radius 3 is 2.58 bits per heavy atom. The van der Waals surface area contributed by atoms with Gasteiger partial charge in [0.25, 0.3) is 10.0 Å². The first-order valence-corrected chi connectivity index (χ1v) is 18.9. The third-order valence-electron chi connectivity index (χ3n) is 6.82.